The summed E-state index contributed by atoms with van der Waals surface area (Å²) in [6, 6.07) is 12.1. The molecule has 1 unspecified atom stereocenters. The Labute approximate surface area is 143 Å². The number of nitrogens with zero attached hydrogens (tertiary/aromatic N) is 2. The number of hydrogen-bond donors (Lipinski definition) is 1. The zero-order chi connectivity index (χ0) is 16.9. The monoisotopic (exact) mass is 341 g/mol. The number of aromatic nitrogens is 2. The van der Waals surface area contributed by atoms with Crippen LogP contribution in [0.25, 0.3) is 10.9 Å². The van der Waals surface area contributed by atoms with Gasteiger partial charge in [0.25, 0.3) is 0 Å². The Kier molecular flexibility index (Phi) is 5.11. The van der Waals surface area contributed by atoms with Crippen LogP contribution in [0.5, 0.6) is 11.5 Å². The Morgan fingerprint density at radius 1 is 1.00 bits per heavy atom. The molecule has 0 spiro atoms. The molecule has 0 saturated carbocycles. The third-order valence-corrected chi connectivity index (χ3v) is 4.08. The van der Waals surface area contributed by atoms with Gasteiger partial charge < -0.3 is 14.8 Å². The van der Waals surface area contributed by atoms with E-state index >= 15 is 0 Å². The van der Waals surface area contributed by atoms with Crippen LogP contribution in [0.2, 0.25) is 0 Å². The molecule has 3 aromatic rings. The maximum atomic E-state index is 5.38. The SMILES string of the molecule is COc1cc2ncnc(Nc3ccc(CCP)cc3)c2cc1OC. The molecular weight excluding hydrogens is 321 g/mol. The highest BCUT2D eigenvalue weighted by molar-refractivity contribution is 7.16. The smallest absolute Gasteiger partial charge is 0.162 e. The summed E-state index contributed by atoms with van der Waals surface area (Å²) >= 11 is 0. The van der Waals surface area contributed by atoms with E-state index in [9.17, 15) is 0 Å². The standard InChI is InChI=1S/C18H20N3O2P/c1-22-16-9-14-15(10-17(16)23-2)19-11-20-18(14)21-13-5-3-12(4-6-13)7-8-24/h3-6,9-11H,7-8,24H2,1-2H3,(H,19,20,21). The molecule has 1 heterocycles. The van der Waals surface area contributed by atoms with Crippen LogP contribution < -0.4 is 14.8 Å². The molecular formula is C18H20N3O2P. The fourth-order valence-corrected chi connectivity index (χ4v) is 2.87. The third kappa shape index (κ3) is 3.41. The van der Waals surface area contributed by atoms with Crippen molar-refractivity contribution in [3.63, 3.8) is 0 Å². The summed E-state index contributed by atoms with van der Waals surface area (Å²) in [7, 11) is 5.98. The van der Waals surface area contributed by atoms with Gasteiger partial charge in [-0.25, -0.2) is 9.97 Å². The molecule has 0 radical (unpaired) electrons. The Morgan fingerprint density at radius 2 is 1.71 bits per heavy atom. The first-order chi connectivity index (χ1) is 11.7. The molecule has 24 heavy (non-hydrogen) atoms. The van der Waals surface area contributed by atoms with Crippen molar-refractivity contribution in [1.29, 1.82) is 0 Å². The van der Waals surface area contributed by atoms with Crippen molar-refractivity contribution in [2.45, 2.75) is 6.42 Å². The van der Waals surface area contributed by atoms with E-state index in [4.69, 9.17) is 9.47 Å². The maximum Gasteiger partial charge on any atom is 0.162 e. The Bertz CT molecular complexity index is 838. The first kappa shape index (κ1) is 16.5. The summed E-state index contributed by atoms with van der Waals surface area (Å²) in [6.07, 6.45) is 3.66. The summed E-state index contributed by atoms with van der Waals surface area (Å²) < 4.78 is 10.7. The second-order valence-corrected chi connectivity index (χ2v) is 5.88. The van der Waals surface area contributed by atoms with Crippen molar-refractivity contribution in [1.82, 2.24) is 9.97 Å². The van der Waals surface area contributed by atoms with Crippen molar-refractivity contribution in [3.8, 4) is 11.5 Å². The summed E-state index contributed by atoms with van der Waals surface area (Å²) in [4.78, 5) is 8.69. The first-order valence-corrected chi connectivity index (χ1v) is 8.49. The maximum absolute atomic E-state index is 5.38. The van der Waals surface area contributed by atoms with Gasteiger partial charge in [-0.05, 0) is 36.3 Å². The lowest BCUT2D eigenvalue weighted by atomic mass is 10.1. The van der Waals surface area contributed by atoms with Crippen LogP contribution in [-0.2, 0) is 6.42 Å². The van der Waals surface area contributed by atoms with Crippen molar-refractivity contribution < 1.29 is 9.47 Å². The van der Waals surface area contributed by atoms with Crippen LogP contribution in [0.1, 0.15) is 5.56 Å². The lowest BCUT2D eigenvalue weighted by Gasteiger charge is -2.12. The molecule has 0 bridgehead atoms. The molecule has 0 saturated heterocycles. The van der Waals surface area contributed by atoms with Gasteiger partial charge in [-0.2, -0.15) is 0 Å². The fraction of sp³-hybridized carbons (Fsp3) is 0.222. The highest BCUT2D eigenvalue weighted by Crippen LogP contribution is 2.34. The number of nitrogens with one attached hydrogen (secondary N) is 1. The average molecular weight is 341 g/mol. The predicted molar refractivity (Wildman–Crippen MR) is 101 cm³/mol. The Balaban J connectivity index is 1.96. The van der Waals surface area contributed by atoms with E-state index in [2.05, 4.69) is 48.8 Å². The number of hydrogen-bond acceptors (Lipinski definition) is 5. The molecule has 0 fully saturated rings. The van der Waals surface area contributed by atoms with Crippen LogP contribution in [-0.4, -0.2) is 30.3 Å². The molecule has 0 amide bonds. The lowest BCUT2D eigenvalue weighted by Crippen LogP contribution is -1.98. The van der Waals surface area contributed by atoms with Gasteiger partial charge in [-0.15, -0.1) is 9.24 Å². The highest BCUT2D eigenvalue weighted by atomic mass is 31.0. The van der Waals surface area contributed by atoms with Crippen molar-refractivity contribution in [2.75, 3.05) is 25.7 Å². The van der Waals surface area contributed by atoms with Gasteiger partial charge in [-0.1, -0.05) is 12.1 Å². The summed E-state index contributed by atoms with van der Waals surface area (Å²) in [5.74, 6) is 2.04. The number of fused-ring (bicyclic) bond motifs is 1. The number of aryl methyl sites for hydroxylation is 1. The molecule has 2 aromatic carbocycles. The van der Waals surface area contributed by atoms with Gasteiger partial charge >= 0.3 is 0 Å². The van der Waals surface area contributed by atoms with Crippen molar-refractivity contribution in [3.05, 3.63) is 48.3 Å². The van der Waals surface area contributed by atoms with Crippen LogP contribution in [0.15, 0.2) is 42.7 Å². The van der Waals surface area contributed by atoms with E-state index < -0.39 is 0 Å². The van der Waals surface area contributed by atoms with Gasteiger partial charge in [0.15, 0.2) is 11.5 Å². The molecule has 6 heteroatoms. The molecule has 0 aliphatic rings. The Morgan fingerprint density at radius 3 is 2.38 bits per heavy atom. The van der Waals surface area contributed by atoms with E-state index in [-0.39, 0.29) is 0 Å². The molecule has 5 nitrogen and oxygen atoms in total. The zero-order valence-corrected chi connectivity index (χ0v) is 14.9. The number of benzene rings is 2. The minimum absolute atomic E-state index is 0.649. The van der Waals surface area contributed by atoms with Crippen LogP contribution in [0.4, 0.5) is 11.5 Å². The molecule has 124 valence electrons. The summed E-state index contributed by atoms with van der Waals surface area (Å²) in [5, 5.41) is 4.23. The number of ether oxygens (including phenoxy) is 2. The van der Waals surface area contributed by atoms with Crippen LogP contribution in [0, 0.1) is 0 Å². The lowest BCUT2D eigenvalue weighted by molar-refractivity contribution is 0.356. The van der Waals surface area contributed by atoms with E-state index in [0.717, 1.165) is 35.0 Å². The fourth-order valence-electron chi connectivity index (χ4n) is 2.54. The number of anilines is 2. The third-order valence-electron chi connectivity index (χ3n) is 3.79. The Hall–Kier alpha value is -2.39. The minimum Gasteiger partial charge on any atom is -0.493 e. The van der Waals surface area contributed by atoms with Crippen molar-refractivity contribution >= 4 is 31.6 Å². The van der Waals surface area contributed by atoms with Gasteiger partial charge in [0.2, 0.25) is 0 Å². The van der Waals surface area contributed by atoms with Crippen LogP contribution >= 0.6 is 9.24 Å². The zero-order valence-electron chi connectivity index (χ0n) is 13.7. The van der Waals surface area contributed by atoms with Gasteiger partial charge in [0, 0.05) is 17.1 Å². The second-order valence-electron chi connectivity index (χ2n) is 5.31. The van der Waals surface area contributed by atoms with Gasteiger partial charge in [0.05, 0.1) is 19.7 Å². The topological polar surface area (TPSA) is 56.3 Å². The molecule has 1 aromatic heterocycles. The molecule has 1 N–H and O–H groups in total. The normalized spacial score (nSPS) is 10.6. The second kappa shape index (κ2) is 7.45. The molecule has 0 aliphatic carbocycles. The average Bonchev–Trinajstić information content (AvgIpc) is 2.62. The first-order valence-electron chi connectivity index (χ1n) is 7.68. The van der Waals surface area contributed by atoms with E-state index in [0.29, 0.717) is 11.5 Å². The van der Waals surface area contributed by atoms with E-state index in [1.54, 1.807) is 20.5 Å². The summed E-state index contributed by atoms with van der Waals surface area (Å²) in [5.41, 5.74) is 3.09. The molecule has 0 aliphatic heterocycles. The number of methoxy groups -OCH3 is 2. The highest BCUT2D eigenvalue weighted by Gasteiger charge is 2.11. The van der Waals surface area contributed by atoms with Crippen LogP contribution in [0.3, 0.4) is 0 Å². The largest absolute Gasteiger partial charge is 0.493 e. The van der Waals surface area contributed by atoms with Crippen molar-refractivity contribution in [2.24, 2.45) is 0 Å². The van der Waals surface area contributed by atoms with Gasteiger partial charge in [-0.3, -0.25) is 0 Å². The summed E-state index contributed by atoms with van der Waals surface area (Å²) in [6.45, 7) is 0. The quantitative estimate of drug-likeness (QED) is 0.691. The number of rotatable bonds is 6. The molecule has 3 rings (SSSR count). The predicted octanol–water partition coefficient (Wildman–Crippen LogP) is 3.81. The van der Waals surface area contributed by atoms with Gasteiger partial charge in [0.1, 0.15) is 12.1 Å². The van der Waals surface area contributed by atoms with E-state index in [1.165, 1.54) is 5.56 Å². The molecule has 1 atom stereocenters. The minimum atomic E-state index is 0.649. The van der Waals surface area contributed by atoms with E-state index in [1.807, 2.05) is 12.1 Å².